The molecule has 0 bridgehead atoms. The summed E-state index contributed by atoms with van der Waals surface area (Å²) in [5.41, 5.74) is 3.83. The summed E-state index contributed by atoms with van der Waals surface area (Å²) in [4.78, 5) is 25.5. The second kappa shape index (κ2) is 7.07. The first-order chi connectivity index (χ1) is 12.4. The molecule has 0 aromatic heterocycles. The summed E-state index contributed by atoms with van der Waals surface area (Å²) < 4.78 is 11.0. The highest BCUT2D eigenvalue weighted by molar-refractivity contribution is 6.07. The number of carbonyl (C=O) groups is 2. The second-order valence-electron chi connectivity index (χ2n) is 6.40. The molecule has 1 aliphatic rings. The third kappa shape index (κ3) is 3.49. The van der Waals surface area contributed by atoms with Crippen molar-refractivity contribution in [2.45, 2.75) is 20.8 Å². The van der Waals surface area contributed by atoms with Crippen LogP contribution < -0.4 is 14.4 Å². The third-order valence-electron chi connectivity index (χ3n) is 4.27. The zero-order valence-electron chi connectivity index (χ0n) is 15.0. The highest BCUT2D eigenvalue weighted by atomic mass is 16.5. The molecule has 2 aromatic rings. The summed E-state index contributed by atoms with van der Waals surface area (Å²) in [6, 6.07) is 9.23. The standard InChI is InChI=1S/C20H21NO5/c1-12-4-5-16-17(8-12)25-7-6-21(16)20(24)15-9-13(2)19(14(3)10-15)26-11-18(22)23/h4-5,8-10H,6-7,11H2,1-3H3,(H,22,23). The number of hydrogen-bond acceptors (Lipinski definition) is 4. The smallest absolute Gasteiger partial charge is 0.341 e. The number of amides is 1. The lowest BCUT2D eigenvalue weighted by Gasteiger charge is -2.30. The Labute approximate surface area is 152 Å². The molecule has 1 amide bonds. The number of aliphatic carboxylic acids is 1. The average molecular weight is 355 g/mol. The van der Waals surface area contributed by atoms with E-state index in [2.05, 4.69) is 0 Å². The van der Waals surface area contributed by atoms with Crippen LogP contribution in [0.25, 0.3) is 0 Å². The molecule has 136 valence electrons. The number of benzene rings is 2. The molecule has 26 heavy (non-hydrogen) atoms. The van der Waals surface area contributed by atoms with Gasteiger partial charge in [0.05, 0.1) is 12.2 Å². The fourth-order valence-electron chi connectivity index (χ4n) is 3.13. The van der Waals surface area contributed by atoms with E-state index in [1.807, 2.05) is 25.1 Å². The number of anilines is 1. The number of aryl methyl sites for hydroxylation is 3. The van der Waals surface area contributed by atoms with Crippen molar-refractivity contribution in [2.75, 3.05) is 24.7 Å². The van der Waals surface area contributed by atoms with Crippen LogP contribution in [0.2, 0.25) is 0 Å². The van der Waals surface area contributed by atoms with Gasteiger partial charge in [0.2, 0.25) is 0 Å². The molecule has 0 atom stereocenters. The van der Waals surface area contributed by atoms with Crippen molar-refractivity contribution in [3.8, 4) is 11.5 Å². The number of hydrogen-bond donors (Lipinski definition) is 1. The van der Waals surface area contributed by atoms with Crippen molar-refractivity contribution in [1.82, 2.24) is 0 Å². The largest absolute Gasteiger partial charge is 0.490 e. The maximum Gasteiger partial charge on any atom is 0.341 e. The number of rotatable bonds is 4. The van der Waals surface area contributed by atoms with E-state index in [0.717, 1.165) is 22.4 Å². The molecule has 0 saturated carbocycles. The van der Waals surface area contributed by atoms with Crippen LogP contribution in [0.15, 0.2) is 30.3 Å². The summed E-state index contributed by atoms with van der Waals surface area (Å²) in [5.74, 6) is 0.0555. The van der Waals surface area contributed by atoms with E-state index in [1.165, 1.54) is 0 Å². The van der Waals surface area contributed by atoms with E-state index in [4.69, 9.17) is 14.6 Å². The van der Waals surface area contributed by atoms with Gasteiger partial charge in [-0.25, -0.2) is 4.79 Å². The summed E-state index contributed by atoms with van der Waals surface area (Å²) >= 11 is 0. The average Bonchev–Trinajstić information content (AvgIpc) is 2.59. The number of carboxylic acids is 1. The Morgan fingerprint density at radius 2 is 1.85 bits per heavy atom. The van der Waals surface area contributed by atoms with Gasteiger partial charge >= 0.3 is 5.97 Å². The molecule has 0 unspecified atom stereocenters. The molecule has 1 aliphatic heterocycles. The Kier molecular flexibility index (Phi) is 4.84. The molecule has 0 radical (unpaired) electrons. The normalized spacial score (nSPS) is 13.0. The Morgan fingerprint density at radius 3 is 2.50 bits per heavy atom. The van der Waals surface area contributed by atoms with E-state index in [1.54, 1.807) is 30.9 Å². The molecule has 2 aromatic carbocycles. The molecule has 3 rings (SSSR count). The predicted molar refractivity (Wildman–Crippen MR) is 97.4 cm³/mol. The molecule has 0 aliphatic carbocycles. The minimum absolute atomic E-state index is 0.116. The van der Waals surface area contributed by atoms with Gasteiger partial charge in [0.25, 0.3) is 5.91 Å². The van der Waals surface area contributed by atoms with Crippen LogP contribution in [-0.4, -0.2) is 36.7 Å². The van der Waals surface area contributed by atoms with Gasteiger partial charge in [-0.05, 0) is 61.7 Å². The minimum atomic E-state index is -1.04. The highest BCUT2D eigenvalue weighted by Crippen LogP contribution is 2.34. The van der Waals surface area contributed by atoms with Gasteiger partial charge in [0.1, 0.15) is 18.1 Å². The number of fused-ring (bicyclic) bond motifs is 1. The summed E-state index contributed by atoms with van der Waals surface area (Å²) in [7, 11) is 0. The number of carboxylic acid groups (broad SMARTS) is 1. The van der Waals surface area contributed by atoms with E-state index in [0.29, 0.717) is 30.2 Å². The quantitative estimate of drug-likeness (QED) is 0.912. The molecule has 0 saturated heterocycles. The lowest BCUT2D eigenvalue weighted by Crippen LogP contribution is -2.38. The number of nitrogens with zero attached hydrogens (tertiary/aromatic N) is 1. The van der Waals surface area contributed by atoms with Crippen molar-refractivity contribution in [2.24, 2.45) is 0 Å². The van der Waals surface area contributed by atoms with Gasteiger partial charge < -0.3 is 19.5 Å². The highest BCUT2D eigenvalue weighted by Gasteiger charge is 2.25. The molecule has 1 N–H and O–H groups in total. The van der Waals surface area contributed by atoms with Crippen molar-refractivity contribution in [3.63, 3.8) is 0 Å². The molecule has 0 fully saturated rings. The van der Waals surface area contributed by atoms with E-state index < -0.39 is 12.6 Å². The van der Waals surface area contributed by atoms with Crippen LogP contribution in [0.1, 0.15) is 27.0 Å². The monoisotopic (exact) mass is 355 g/mol. The van der Waals surface area contributed by atoms with Gasteiger partial charge in [-0.15, -0.1) is 0 Å². The summed E-state index contributed by atoms with van der Waals surface area (Å²) in [5, 5.41) is 8.78. The van der Waals surface area contributed by atoms with Gasteiger partial charge in [-0.3, -0.25) is 4.79 Å². The second-order valence-corrected chi connectivity index (χ2v) is 6.40. The fourth-order valence-corrected chi connectivity index (χ4v) is 3.13. The Bertz CT molecular complexity index is 851. The Balaban J connectivity index is 1.91. The van der Waals surface area contributed by atoms with Crippen molar-refractivity contribution in [1.29, 1.82) is 0 Å². The van der Waals surface area contributed by atoms with Crippen LogP contribution in [-0.2, 0) is 4.79 Å². The lowest BCUT2D eigenvalue weighted by atomic mass is 10.0. The SMILES string of the molecule is Cc1ccc2c(c1)OCCN2C(=O)c1cc(C)c(OCC(=O)O)c(C)c1. The molecule has 6 nitrogen and oxygen atoms in total. The van der Waals surface area contributed by atoms with Crippen molar-refractivity contribution in [3.05, 3.63) is 52.6 Å². The molecular weight excluding hydrogens is 334 g/mol. The zero-order chi connectivity index (χ0) is 18.8. The minimum Gasteiger partial charge on any atom is -0.490 e. The maximum absolute atomic E-state index is 13.1. The maximum atomic E-state index is 13.1. The molecule has 1 heterocycles. The fraction of sp³-hybridized carbons (Fsp3) is 0.300. The lowest BCUT2D eigenvalue weighted by molar-refractivity contribution is -0.139. The molecular formula is C20H21NO5. The predicted octanol–water partition coefficient (Wildman–Crippen LogP) is 3.11. The number of carbonyl (C=O) groups excluding carboxylic acids is 1. The van der Waals surface area contributed by atoms with Gasteiger partial charge in [-0.2, -0.15) is 0 Å². The first kappa shape index (κ1) is 17.8. The summed E-state index contributed by atoms with van der Waals surface area (Å²) in [6.45, 7) is 6.09. The van der Waals surface area contributed by atoms with Crippen LogP contribution in [0.3, 0.4) is 0 Å². The van der Waals surface area contributed by atoms with Crippen LogP contribution in [0.4, 0.5) is 5.69 Å². The van der Waals surface area contributed by atoms with Crippen molar-refractivity contribution < 1.29 is 24.2 Å². The first-order valence-corrected chi connectivity index (χ1v) is 8.38. The van der Waals surface area contributed by atoms with Crippen molar-refractivity contribution >= 4 is 17.6 Å². The first-order valence-electron chi connectivity index (χ1n) is 8.38. The van der Waals surface area contributed by atoms with E-state index in [9.17, 15) is 9.59 Å². The molecule has 0 spiro atoms. The van der Waals surface area contributed by atoms with Gasteiger partial charge in [-0.1, -0.05) is 6.07 Å². The van der Waals surface area contributed by atoms with Crippen LogP contribution >= 0.6 is 0 Å². The number of ether oxygens (including phenoxy) is 2. The third-order valence-corrected chi connectivity index (χ3v) is 4.27. The van der Waals surface area contributed by atoms with E-state index >= 15 is 0 Å². The van der Waals surface area contributed by atoms with Gasteiger partial charge in [0.15, 0.2) is 6.61 Å². The van der Waals surface area contributed by atoms with Gasteiger partial charge in [0, 0.05) is 5.56 Å². The van der Waals surface area contributed by atoms with E-state index in [-0.39, 0.29) is 5.91 Å². The zero-order valence-corrected chi connectivity index (χ0v) is 15.0. The molecule has 6 heteroatoms. The topological polar surface area (TPSA) is 76.1 Å². The summed E-state index contributed by atoms with van der Waals surface area (Å²) in [6.07, 6.45) is 0. The Morgan fingerprint density at radius 1 is 1.15 bits per heavy atom. The Hall–Kier alpha value is -3.02. The van der Waals surface area contributed by atoms with Crippen LogP contribution in [0.5, 0.6) is 11.5 Å². The van der Waals surface area contributed by atoms with Crippen LogP contribution in [0, 0.1) is 20.8 Å².